The molecule has 2 aliphatic heterocycles. The maximum atomic E-state index is 12.7. The Kier molecular flexibility index (Phi) is 7.81. The van der Waals surface area contributed by atoms with Crippen molar-refractivity contribution in [3.05, 3.63) is 35.0 Å². The summed E-state index contributed by atoms with van der Waals surface area (Å²) >= 11 is 7.39. The Balaban J connectivity index is 1.57. The number of primary amides is 1. The Labute approximate surface area is 194 Å². The van der Waals surface area contributed by atoms with E-state index in [-0.39, 0.29) is 23.3 Å². The van der Waals surface area contributed by atoms with E-state index in [0.717, 1.165) is 17.4 Å². The molecular weight excluding hydrogens is 460 g/mol. The molecule has 2 fully saturated rings. The number of benzene rings is 1. The van der Waals surface area contributed by atoms with Crippen LogP contribution in [0.25, 0.3) is 0 Å². The summed E-state index contributed by atoms with van der Waals surface area (Å²) in [6, 6.07) is 7.49. The van der Waals surface area contributed by atoms with Crippen LogP contribution in [0.1, 0.15) is 6.92 Å². The van der Waals surface area contributed by atoms with Gasteiger partial charge in [0.1, 0.15) is 0 Å². The molecule has 32 heavy (non-hydrogen) atoms. The largest absolute Gasteiger partial charge is 0.415 e. The van der Waals surface area contributed by atoms with E-state index in [1.165, 1.54) is 12.9 Å². The molecule has 0 bridgehead atoms. The van der Waals surface area contributed by atoms with Crippen molar-refractivity contribution in [2.45, 2.75) is 18.8 Å². The third-order valence-corrected chi connectivity index (χ3v) is 6.22. The lowest BCUT2D eigenvalue weighted by Gasteiger charge is -2.36. The highest BCUT2D eigenvalue weighted by Crippen LogP contribution is 2.41. The van der Waals surface area contributed by atoms with E-state index in [4.69, 9.17) is 26.8 Å². The van der Waals surface area contributed by atoms with E-state index in [0.29, 0.717) is 31.2 Å². The average Bonchev–Trinajstić information content (AvgIpc) is 3.53. The van der Waals surface area contributed by atoms with Crippen LogP contribution in [0.5, 0.6) is 0 Å². The molecule has 0 saturated carbocycles. The molecule has 1 aromatic rings. The number of para-hydroxylation sites is 1. The molecule has 2 saturated heterocycles. The van der Waals surface area contributed by atoms with Gasteiger partial charge in [0.25, 0.3) is 11.5 Å². The van der Waals surface area contributed by atoms with Gasteiger partial charge in [-0.25, -0.2) is 9.59 Å². The first-order valence-corrected chi connectivity index (χ1v) is 11.3. The van der Waals surface area contributed by atoms with Gasteiger partial charge in [0.15, 0.2) is 12.2 Å². The van der Waals surface area contributed by atoms with Crippen molar-refractivity contribution in [1.29, 1.82) is 0 Å². The zero-order chi connectivity index (χ0) is 23.3. The number of epoxide rings is 1. The molecule has 2 unspecified atom stereocenters. The van der Waals surface area contributed by atoms with Gasteiger partial charge in [-0.1, -0.05) is 23.7 Å². The lowest BCUT2D eigenvalue weighted by molar-refractivity contribution is -0.149. The van der Waals surface area contributed by atoms with Crippen LogP contribution in [0.3, 0.4) is 0 Å². The van der Waals surface area contributed by atoms with Gasteiger partial charge in [0, 0.05) is 33.1 Å². The number of carbonyl (C=O) groups is 3. The van der Waals surface area contributed by atoms with Crippen LogP contribution in [-0.4, -0.2) is 78.3 Å². The summed E-state index contributed by atoms with van der Waals surface area (Å²) < 4.78 is 10.5. The molecule has 3 rings (SSSR count). The standard InChI is InChI=1S/C20H23ClN4O6S/c1-13(27)23-12-32-11-14(10-26)30-19(29)20(17(22)28)18(31-20)25-8-6-24(7-9-25)16-5-3-2-4-15(16)21/h2-5,18H,6-9,11-12H2,1H3,(H2,22,28)(H,23,27). The second-order valence-electron chi connectivity index (χ2n) is 7.19. The zero-order valence-corrected chi connectivity index (χ0v) is 18.9. The topological polar surface area (TPSA) is 135 Å². The number of nitrogens with two attached hydrogens (primary N) is 1. The van der Waals surface area contributed by atoms with E-state index in [9.17, 15) is 19.2 Å². The number of ether oxygens (including phenoxy) is 2. The van der Waals surface area contributed by atoms with E-state index in [1.807, 2.05) is 29.2 Å². The molecule has 2 heterocycles. The maximum Gasteiger partial charge on any atom is 0.358 e. The van der Waals surface area contributed by atoms with Crippen LogP contribution in [0.15, 0.2) is 30.0 Å². The Morgan fingerprint density at radius 1 is 1.31 bits per heavy atom. The lowest BCUT2D eigenvalue weighted by atomic mass is 10.1. The number of nitrogens with one attached hydrogen (secondary N) is 1. The number of anilines is 1. The summed E-state index contributed by atoms with van der Waals surface area (Å²) in [6.45, 7) is 3.56. The van der Waals surface area contributed by atoms with Crippen LogP contribution in [-0.2, 0) is 28.7 Å². The summed E-state index contributed by atoms with van der Waals surface area (Å²) in [5.41, 5.74) is 4.39. The minimum atomic E-state index is -1.98. The molecule has 2 amide bonds. The fraction of sp³-hybridized carbons (Fsp3) is 0.450. The summed E-state index contributed by atoms with van der Waals surface area (Å²) in [5, 5.41) is 3.17. The van der Waals surface area contributed by atoms with Gasteiger partial charge in [-0.05, 0) is 12.1 Å². The normalized spacial score (nSPS) is 22.6. The van der Waals surface area contributed by atoms with Crippen molar-refractivity contribution < 1.29 is 28.7 Å². The predicted octanol–water partition coefficient (Wildman–Crippen LogP) is 0.128. The first kappa shape index (κ1) is 24.1. The number of esters is 1. The summed E-state index contributed by atoms with van der Waals surface area (Å²) in [6.07, 6.45) is -0.874. The number of rotatable bonds is 9. The molecule has 2 aliphatic rings. The first-order valence-electron chi connectivity index (χ1n) is 9.79. The third kappa shape index (κ3) is 5.25. The minimum Gasteiger partial charge on any atom is -0.415 e. The Morgan fingerprint density at radius 2 is 2.00 bits per heavy atom. The molecule has 0 radical (unpaired) electrons. The van der Waals surface area contributed by atoms with Crippen molar-refractivity contribution in [1.82, 2.24) is 10.2 Å². The van der Waals surface area contributed by atoms with Gasteiger partial charge in [-0.2, -0.15) is 0 Å². The van der Waals surface area contributed by atoms with Crippen molar-refractivity contribution in [2.24, 2.45) is 5.73 Å². The number of nitrogens with zero attached hydrogens (tertiary/aromatic N) is 2. The van der Waals surface area contributed by atoms with Gasteiger partial charge in [-0.15, -0.1) is 11.8 Å². The lowest BCUT2D eigenvalue weighted by Crippen LogP contribution is -2.52. The number of thioether (sulfide) groups is 1. The van der Waals surface area contributed by atoms with Crippen LogP contribution < -0.4 is 16.0 Å². The van der Waals surface area contributed by atoms with Gasteiger partial charge < -0.3 is 25.4 Å². The monoisotopic (exact) mass is 482 g/mol. The van der Waals surface area contributed by atoms with Crippen LogP contribution >= 0.6 is 23.4 Å². The van der Waals surface area contributed by atoms with E-state index >= 15 is 0 Å². The molecule has 1 aromatic carbocycles. The molecule has 10 nitrogen and oxygen atoms in total. The van der Waals surface area contributed by atoms with E-state index in [1.54, 1.807) is 0 Å². The SMILES string of the molecule is CC(=O)NCSCC(=C=O)OC(=O)C1(C(N)=O)OC1N1CCN(c2ccccc2Cl)CC1. The number of halogens is 1. The average molecular weight is 483 g/mol. The van der Waals surface area contributed by atoms with Gasteiger partial charge >= 0.3 is 5.97 Å². The number of piperazine rings is 1. The summed E-state index contributed by atoms with van der Waals surface area (Å²) in [4.78, 5) is 50.7. The van der Waals surface area contributed by atoms with Gasteiger partial charge in [0.05, 0.1) is 22.3 Å². The summed E-state index contributed by atoms with van der Waals surface area (Å²) in [5.74, 6) is -0.865. The number of hydrogen-bond acceptors (Lipinski definition) is 9. The minimum absolute atomic E-state index is 0.0223. The number of carbonyl (C=O) groups excluding carboxylic acids is 4. The van der Waals surface area contributed by atoms with Gasteiger partial charge in [0.2, 0.25) is 11.7 Å². The number of amides is 2. The second kappa shape index (κ2) is 10.4. The molecule has 0 aliphatic carbocycles. The molecular formula is C20H23ClN4O6S. The molecule has 12 heteroatoms. The first-order chi connectivity index (χ1) is 15.3. The van der Waals surface area contributed by atoms with Gasteiger partial charge in [-0.3, -0.25) is 14.5 Å². The highest BCUT2D eigenvalue weighted by molar-refractivity contribution is 7.99. The van der Waals surface area contributed by atoms with Crippen molar-refractivity contribution in [3.63, 3.8) is 0 Å². The smallest absolute Gasteiger partial charge is 0.358 e. The number of hydrogen-bond donors (Lipinski definition) is 2. The maximum absolute atomic E-state index is 12.7. The van der Waals surface area contributed by atoms with Crippen molar-refractivity contribution in [3.8, 4) is 0 Å². The zero-order valence-electron chi connectivity index (χ0n) is 17.3. The Morgan fingerprint density at radius 3 is 2.59 bits per heavy atom. The second-order valence-corrected chi connectivity index (χ2v) is 8.58. The Bertz CT molecular complexity index is 948. The fourth-order valence-corrected chi connectivity index (χ4v) is 4.34. The van der Waals surface area contributed by atoms with E-state index < -0.39 is 23.7 Å². The van der Waals surface area contributed by atoms with Crippen molar-refractivity contribution in [2.75, 3.05) is 42.7 Å². The quantitative estimate of drug-likeness (QED) is 0.0957. The molecule has 172 valence electrons. The summed E-state index contributed by atoms with van der Waals surface area (Å²) in [7, 11) is 0. The molecule has 2 atom stereocenters. The van der Waals surface area contributed by atoms with Crippen LogP contribution in [0.4, 0.5) is 5.69 Å². The highest BCUT2D eigenvalue weighted by Gasteiger charge is 2.71. The Hall–Kier alpha value is -2.56. The molecule has 0 spiro atoms. The predicted molar refractivity (Wildman–Crippen MR) is 118 cm³/mol. The highest BCUT2D eigenvalue weighted by atomic mass is 35.5. The molecule has 3 N–H and O–H groups in total. The van der Waals surface area contributed by atoms with Crippen LogP contribution in [0, 0.1) is 0 Å². The third-order valence-electron chi connectivity index (χ3n) is 5.08. The molecule has 0 aromatic heterocycles. The van der Waals surface area contributed by atoms with Crippen molar-refractivity contribution >= 4 is 52.8 Å². The van der Waals surface area contributed by atoms with Crippen LogP contribution in [0.2, 0.25) is 5.02 Å². The van der Waals surface area contributed by atoms with E-state index in [2.05, 4.69) is 10.2 Å². The fourth-order valence-electron chi connectivity index (χ4n) is 3.37.